The average molecular weight is 251 g/mol. The van der Waals surface area contributed by atoms with Crippen molar-refractivity contribution in [2.24, 2.45) is 0 Å². The van der Waals surface area contributed by atoms with E-state index in [2.05, 4.69) is 4.98 Å². The van der Waals surface area contributed by atoms with Crippen molar-refractivity contribution in [3.8, 4) is 0 Å². The van der Waals surface area contributed by atoms with E-state index < -0.39 is 0 Å². The molecule has 0 aliphatic heterocycles. The smallest absolute Gasteiger partial charge is 0.272 e. The molecule has 0 radical (unpaired) electrons. The van der Waals surface area contributed by atoms with E-state index >= 15 is 0 Å². The third-order valence-corrected chi connectivity index (χ3v) is 1.94. The molecule has 1 heterocycles. The summed E-state index contributed by atoms with van der Waals surface area (Å²) in [5, 5.41) is 0. The van der Waals surface area contributed by atoms with Crippen LogP contribution in [0.3, 0.4) is 0 Å². The maximum absolute atomic E-state index is 10.7. The Hall–Kier alpha value is -0.720. The lowest BCUT2D eigenvalue weighted by atomic mass is 10.4. The molecule has 0 bridgehead atoms. The highest BCUT2D eigenvalue weighted by Crippen LogP contribution is 2.10. The second kappa shape index (κ2) is 2.49. The number of nitrogens with two attached hydrogens (primary N) is 2. The van der Waals surface area contributed by atoms with Crippen LogP contribution in [0.5, 0.6) is 0 Å². The molecule has 5 N–H and O–H groups in total. The lowest BCUT2D eigenvalue weighted by Gasteiger charge is -1.97. The first-order valence-electron chi connectivity index (χ1n) is 2.55. The minimum atomic E-state index is -0.335. The molecule has 0 saturated heterocycles. The maximum atomic E-state index is 10.7. The fraction of sp³-hybridized carbons (Fsp3) is 0. The highest BCUT2D eigenvalue weighted by molar-refractivity contribution is 14.1. The molecule has 54 valence electrons. The number of nitrogens with one attached hydrogen (secondary N) is 1. The van der Waals surface area contributed by atoms with E-state index in [4.69, 9.17) is 11.5 Å². The Morgan fingerprint density at radius 2 is 2.10 bits per heavy atom. The van der Waals surface area contributed by atoms with Crippen LogP contribution in [-0.4, -0.2) is 4.98 Å². The van der Waals surface area contributed by atoms with Crippen molar-refractivity contribution in [2.75, 3.05) is 11.5 Å². The summed E-state index contributed by atoms with van der Waals surface area (Å²) in [6, 6.07) is 1.54. The van der Waals surface area contributed by atoms with Crippen LogP contribution in [0.15, 0.2) is 10.9 Å². The van der Waals surface area contributed by atoms with Crippen molar-refractivity contribution in [2.45, 2.75) is 0 Å². The Morgan fingerprint density at radius 1 is 1.50 bits per heavy atom. The topological polar surface area (TPSA) is 84.9 Å². The second-order valence-corrected chi connectivity index (χ2v) is 2.98. The zero-order valence-electron chi connectivity index (χ0n) is 5.02. The quantitative estimate of drug-likeness (QED) is 0.573. The maximum Gasteiger partial charge on any atom is 0.272 e. The first-order valence-corrected chi connectivity index (χ1v) is 3.63. The Labute approximate surface area is 70.8 Å². The Bertz CT molecular complexity index is 306. The number of aromatic amines is 1. The van der Waals surface area contributed by atoms with Crippen LogP contribution >= 0.6 is 22.6 Å². The number of halogens is 1. The predicted molar refractivity (Wildman–Crippen MR) is 48.6 cm³/mol. The molecule has 0 unspecified atom stereocenters. The molecule has 0 fully saturated rings. The zero-order chi connectivity index (χ0) is 7.72. The Balaban J connectivity index is 3.43. The first-order chi connectivity index (χ1) is 4.61. The van der Waals surface area contributed by atoms with Gasteiger partial charge in [0.15, 0.2) is 0 Å². The Morgan fingerprint density at radius 3 is 2.60 bits per heavy atom. The van der Waals surface area contributed by atoms with Crippen LogP contribution in [0.1, 0.15) is 0 Å². The molecule has 0 saturated carbocycles. The molecule has 5 heteroatoms. The van der Waals surface area contributed by atoms with Gasteiger partial charge in [-0.3, -0.25) is 4.79 Å². The molecule has 1 rings (SSSR count). The molecule has 1 aromatic heterocycles. The standard InChI is InChI=1S/C5H6IN3O/c6-2-1-3(7)5(10)9-4(2)8/h1H,7H2,(H3,8,9,10). The number of aromatic nitrogens is 1. The summed E-state index contributed by atoms with van der Waals surface area (Å²) in [7, 11) is 0. The van der Waals surface area contributed by atoms with Gasteiger partial charge in [-0.2, -0.15) is 0 Å². The van der Waals surface area contributed by atoms with Gasteiger partial charge < -0.3 is 16.5 Å². The van der Waals surface area contributed by atoms with Crippen LogP contribution in [0, 0.1) is 3.57 Å². The van der Waals surface area contributed by atoms with Crippen molar-refractivity contribution in [1.29, 1.82) is 0 Å². The molecule has 0 spiro atoms. The van der Waals surface area contributed by atoms with Gasteiger partial charge in [0.25, 0.3) is 5.56 Å². The molecule has 0 aliphatic carbocycles. The summed E-state index contributed by atoms with van der Waals surface area (Å²) in [6.07, 6.45) is 0. The normalized spacial score (nSPS) is 9.70. The van der Waals surface area contributed by atoms with Gasteiger partial charge in [0.2, 0.25) is 0 Å². The number of rotatable bonds is 0. The van der Waals surface area contributed by atoms with E-state index in [9.17, 15) is 4.79 Å². The van der Waals surface area contributed by atoms with Crippen LogP contribution in [-0.2, 0) is 0 Å². The van der Waals surface area contributed by atoms with Gasteiger partial charge in [-0.1, -0.05) is 0 Å². The number of nitrogen functional groups attached to an aromatic ring is 2. The number of hydrogen-bond donors (Lipinski definition) is 3. The third-order valence-electron chi connectivity index (χ3n) is 1.05. The van der Waals surface area contributed by atoms with E-state index in [1.54, 1.807) is 0 Å². The lowest BCUT2D eigenvalue weighted by molar-refractivity contribution is 1.24. The van der Waals surface area contributed by atoms with Crippen LogP contribution < -0.4 is 17.0 Å². The lowest BCUT2D eigenvalue weighted by Crippen LogP contribution is -2.14. The largest absolute Gasteiger partial charge is 0.394 e. The van der Waals surface area contributed by atoms with Crippen molar-refractivity contribution in [3.63, 3.8) is 0 Å². The fourth-order valence-corrected chi connectivity index (χ4v) is 1.00. The number of H-pyrrole nitrogens is 1. The highest BCUT2D eigenvalue weighted by atomic mass is 127. The molecular weight excluding hydrogens is 245 g/mol. The minimum Gasteiger partial charge on any atom is -0.394 e. The molecular formula is C5H6IN3O. The zero-order valence-corrected chi connectivity index (χ0v) is 7.18. The van der Waals surface area contributed by atoms with Gasteiger partial charge in [0.1, 0.15) is 5.82 Å². The van der Waals surface area contributed by atoms with E-state index in [0.717, 1.165) is 3.57 Å². The number of anilines is 2. The fourth-order valence-electron chi connectivity index (χ4n) is 0.534. The third kappa shape index (κ3) is 1.23. The van der Waals surface area contributed by atoms with Gasteiger partial charge in [0, 0.05) is 0 Å². The summed E-state index contributed by atoms with van der Waals surface area (Å²) in [5.41, 5.74) is 10.5. The molecule has 1 aromatic rings. The van der Waals surface area contributed by atoms with Crippen LogP contribution in [0.25, 0.3) is 0 Å². The molecule has 0 amide bonds. The molecule has 4 nitrogen and oxygen atoms in total. The van der Waals surface area contributed by atoms with E-state index in [1.165, 1.54) is 6.07 Å². The highest BCUT2D eigenvalue weighted by Gasteiger charge is 1.98. The van der Waals surface area contributed by atoms with Crippen molar-refractivity contribution in [3.05, 3.63) is 20.0 Å². The van der Waals surface area contributed by atoms with Crippen molar-refractivity contribution < 1.29 is 0 Å². The monoisotopic (exact) mass is 251 g/mol. The van der Waals surface area contributed by atoms with Crippen molar-refractivity contribution in [1.82, 2.24) is 4.98 Å². The average Bonchev–Trinajstić information content (AvgIpc) is 1.84. The molecule has 10 heavy (non-hydrogen) atoms. The number of hydrogen-bond acceptors (Lipinski definition) is 3. The summed E-state index contributed by atoms with van der Waals surface area (Å²) in [4.78, 5) is 13.1. The minimum absolute atomic E-state index is 0.193. The van der Waals surface area contributed by atoms with E-state index in [0.29, 0.717) is 5.82 Å². The van der Waals surface area contributed by atoms with Gasteiger partial charge in [-0.05, 0) is 28.7 Å². The van der Waals surface area contributed by atoms with Crippen molar-refractivity contribution >= 4 is 34.1 Å². The van der Waals surface area contributed by atoms with Gasteiger partial charge in [0.05, 0.1) is 9.26 Å². The SMILES string of the molecule is Nc1[nH]c(=O)c(N)cc1I. The Kier molecular flexibility index (Phi) is 1.84. The number of pyridine rings is 1. The predicted octanol–water partition coefficient (Wildman–Crippen LogP) is 0.144. The summed E-state index contributed by atoms with van der Waals surface area (Å²) in [5.74, 6) is 0.361. The van der Waals surface area contributed by atoms with Crippen LogP contribution in [0.4, 0.5) is 11.5 Å². The molecule has 0 aromatic carbocycles. The van der Waals surface area contributed by atoms with Gasteiger partial charge in [-0.25, -0.2) is 0 Å². The summed E-state index contributed by atoms with van der Waals surface area (Å²) >= 11 is 1.99. The molecule has 0 aliphatic rings. The first kappa shape index (κ1) is 7.39. The van der Waals surface area contributed by atoms with E-state index in [-0.39, 0.29) is 11.2 Å². The van der Waals surface area contributed by atoms with Gasteiger partial charge in [-0.15, -0.1) is 0 Å². The van der Waals surface area contributed by atoms with Gasteiger partial charge >= 0.3 is 0 Å². The van der Waals surface area contributed by atoms with E-state index in [1.807, 2.05) is 22.6 Å². The van der Waals surface area contributed by atoms with Crippen LogP contribution in [0.2, 0.25) is 0 Å². The molecule has 0 atom stereocenters. The summed E-state index contributed by atoms with van der Waals surface area (Å²) < 4.78 is 0.759. The second-order valence-electron chi connectivity index (χ2n) is 1.82. The summed E-state index contributed by atoms with van der Waals surface area (Å²) in [6.45, 7) is 0.